The predicted octanol–water partition coefficient (Wildman–Crippen LogP) is 3.84. The van der Waals surface area contributed by atoms with Gasteiger partial charge in [0.25, 0.3) is 5.91 Å². The summed E-state index contributed by atoms with van der Waals surface area (Å²) >= 11 is 1.30. The molecule has 0 aliphatic heterocycles. The van der Waals surface area contributed by atoms with Crippen molar-refractivity contribution in [1.82, 2.24) is 20.1 Å². The van der Waals surface area contributed by atoms with E-state index >= 15 is 0 Å². The number of rotatable bonds is 9. The lowest BCUT2D eigenvalue weighted by Gasteiger charge is -2.15. The lowest BCUT2D eigenvalue weighted by Crippen LogP contribution is -2.28. The highest BCUT2D eigenvalue weighted by atomic mass is 32.2. The Labute approximate surface area is 191 Å². The second kappa shape index (κ2) is 10.8. The Hall–Kier alpha value is -3.33. The van der Waals surface area contributed by atoms with Crippen molar-refractivity contribution >= 4 is 29.3 Å². The maximum Gasteiger partial charge on any atom is 0.251 e. The molecule has 3 aromatic rings. The summed E-state index contributed by atoms with van der Waals surface area (Å²) in [6, 6.07) is 14.2. The van der Waals surface area contributed by atoms with E-state index in [1.165, 1.54) is 11.8 Å². The third-order valence-electron chi connectivity index (χ3n) is 4.82. The number of hydrogen-bond acceptors (Lipinski definition) is 6. The number of aryl methyl sites for hydroxylation is 1. The number of nitrogens with one attached hydrogen (secondary N) is 2. The smallest absolute Gasteiger partial charge is 0.251 e. The molecule has 1 atom stereocenters. The summed E-state index contributed by atoms with van der Waals surface area (Å²) in [6.07, 6.45) is 0. The van der Waals surface area contributed by atoms with E-state index in [1.807, 2.05) is 37.5 Å². The normalized spacial score (nSPS) is 11.6. The first kappa shape index (κ1) is 23.3. The Balaban J connectivity index is 1.60. The van der Waals surface area contributed by atoms with Gasteiger partial charge in [-0.1, -0.05) is 29.5 Å². The van der Waals surface area contributed by atoms with Crippen LogP contribution in [0.1, 0.15) is 41.6 Å². The number of carbonyl (C=O) groups is 2. The summed E-state index contributed by atoms with van der Waals surface area (Å²) in [6.45, 7) is 6.44. The quantitative estimate of drug-likeness (QED) is 0.478. The Morgan fingerprint density at radius 3 is 2.41 bits per heavy atom. The van der Waals surface area contributed by atoms with Crippen molar-refractivity contribution < 1.29 is 14.3 Å². The zero-order valence-corrected chi connectivity index (χ0v) is 19.4. The second-order valence-electron chi connectivity index (χ2n) is 7.21. The topological polar surface area (TPSA) is 98.1 Å². The van der Waals surface area contributed by atoms with Crippen molar-refractivity contribution in [2.24, 2.45) is 0 Å². The van der Waals surface area contributed by atoms with Crippen molar-refractivity contribution in [2.75, 3.05) is 18.2 Å². The molecule has 2 N–H and O–H groups in total. The minimum atomic E-state index is -0.335. The summed E-state index contributed by atoms with van der Waals surface area (Å²) in [7, 11) is 1.59. The molecular formula is C23H27N5O3S. The van der Waals surface area contributed by atoms with Crippen LogP contribution in [0.3, 0.4) is 0 Å². The third-order valence-corrected chi connectivity index (χ3v) is 5.78. The molecule has 0 spiro atoms. The van der Waals surface area contributed by atoms with Crippen molar-refractivity contribution in [3.63, 3.8) is 0 Å². The van der Waals surface area contributed by atoms with Gasteiger partial charge in [-0.3, -0.25) is 9.59 Å². The fraction of sp³-hybridized carbons (Fsp3) is 0.304. The molecule has 0 unspecified atom stereocenters. The number of aromatic nitrogens is 3. The Morgan fingerprint density at radius 2 is 1.78 bits per heavy atom. The average molecular weight is 454 g/mol. The molecule has 0 aliphatic carbocycles. The molecule has 0 radical (unpaired) electrons. The molecule has 0 saturated heterocycles. The molecule has 1 heterocycles. The van der Waals surface area contributed by atoms with Crippen LogP contribution in [-0.4, -0.2) is 39.4 Å². The summed E-state index contributed by atoms with van der Waals surface area (Å²) in [4.78, 5) is 24.9. The highest BCUT2D eigenvalue weighted by molar-refractivity contribution is 7.99. The molecule has 0 saturated carbocycles. The molecule has 0 fully saturated rings. The van der Waals surface area contributed by atoms with Gasteiger partial charge in [-0.2, -0.15) is 0 Å². The first-order valence-electron chi connectivity index (χ1n) is 10.3. The van der Waals surface area contributed by atoms with Gasteiger partial charge in [-0.05, 0) is 57.2 Å². The van der Waals surface area contributed by atoms with Crippen LogP contribution < -0.4 is 15.4 Å². The number of ether oxygens (including phenoxy) is 1. The highest BCUT2D eigenvalue weighted by Gasteiger charge is 2.20. The van der Waals surface area contributed by atoms with Gasteiger partial charge in [0.1, 0.15) is 5.75 Å². The average Bonchev–Trinajstić information content (AvgIpc) is 3.21. The van der Waals surface area contributed by atoms with E-state index in [9.17, 15) is 9.59 Å². The number of nitrogens with zero attached hydrogens (tertiary/aromatic N) is 3. The van der Waals surface area contributed by atoms with E-state index in [4.69, 9.17) is 4.74 Å². The van der Waals surface area contributed by atoms with E-state index < -0.39 is 0 Å². The van der Waals surface area contributed by atoms with Gasteiger partial charge in [0, 0.05) is 17.8 Å². The van der Waals surface area contributed by atoms with Crippen LogP contribution in [0.25, 0.3) is 0 Å². The monoisotopic (exact) mass is 453 g/mol. The second-order valence-corrected chi connectivity index (χ2v) is 8.15. The van der Waals surface area contributed by atoms with E-state index in [0.717, 1.165) is 11.3 Å². The van der Waals surface area contributed by atoms with Crippen LogP contribution >= 0.6 is 11.8 Å². The standard InChI is InChI=1S/C23H27N5O3S/c1-5-28-21(16(3)24-22(30)17-8-6-15(2)7-9-17)26-27-23(28)32-14-20(29)25-18-10-12-19(31-4)13-11-18/h6-13,16H,5,14H2,1-4H3,(H,24,30)(H,25,29)/t16-/m0/s1. The van der Waals surface area contributed by atoms with Crippen LogP contribution in [0.2, 0.25) is 0 Å². The number of amides is 2. The van der Waals surface area contributed by atoms with Gasteiger partial charge in [0.15, 0.2) is 11.0 Å². The maximum atomic E-state index is 12.5. The minimum absolute atomic E-state index is 0.145. The summed E-state index contributed by atoms with van der Waals surface area (Å²) in [5, 5.41) is 14.9. The molecule has 9 heteroatoms. The van der Waals surface area contributed by atoms with Gasteiger partial charge < -0.3 is 19.9 Å². The molecule has 1 aromatic heterocycles. The number of benzene rings is 2. The first-order valence-corrected chi connectivity index (χ1v) is 11.3. The molecule has 8 nitrogen and oxygen atoms in total. The third kappa shape index (κ3) is 5.88. The molecule has 3 rings (SSSR count). The molecule has 2 amide bonds. The fourth-order valence-corrected chi connectivity index (χ4v) is 3.88. The molecular weight excluding hydrogens is 426 g/mol. The van der Waals surface area contributed by atoms with Crippen LogP contribution in [-0.2, 0) is 11.3 Å². The van der Waals surface area contributed by atoms with Gasteiger partial charge >= 0.3 is 0 Å². The van der Waals surface area contributed by atoms with Gasteiger partial charge in [-0.25, -0.2) is 0 Å². The minimum Gasteiger partial charge on any atom is -0.497 e. The predicted molar refractivity (Wildman–Crippen MR) is 125 cm³/mol. The van der Waals surface area contributed by atoms with Crippen LogP contribution in [0.15, 0.2) is 53.7 Å². The van der Waals surface area contributed by atoms with E-state index in [2.05, 4.69) is 20.8 Å². The van der Waals surface area contributed by atoms with Crippen LogP contribution in [0.5, 0.6) is 5.75 Å². The number of carbonyl (C=O) groups excluding carboxylic acids is 2. The SMILES string of the molecule is CCn1c(SCC(=O)Nc2ccc(OC)cc2)nnc1[C@H](C)NC(=O)c1ccc(C)cc1. The van der Waals surface area contributed by atoms with Crippen LogP contribution in [0, 0.1) is 6.92 Å². The summed E-state index contributed by atoms with van der Waals surface area (Å²) in [5.41, 5.74) is 2.38. The number of anilines is 1. The van der Waals surface area contributed by atoms with Crippen molar-refractivity contribution in [1.29, 1.82) is 0 Å². The Kier molecular flexibility index (Phi) is 7.88. The maximum absolute atomic E-state index is 12.5. The number of methoxy groups -OCH3 is 1. The Bertz CT molecular complexity index is 1060. The molecule has 168 valence electrons. The number of thioether (sulfide) groups is 1. The van der Waals surface area contributed by atoms with E-state index in [-0.39, 0.29) is 23.6 Å². The van der Waals surface area contributed by atoms with Crippen molar-refractivity contribution in [3.8, 4) is 5.75 Å². The zero-order chi connectivity index (χ0) is 23.1. The van der Waals surface area contributed by atoms with Gasteiger partial charge in [0.2, 0.25) is 5.91 Å². The van der Waals surface area contributed by atoms with E-state index in [0.29, 0.717) is 28.8 Å². The van der Waals surface area contributed by atoms with Gasteiger partial charge in [0.05, 0.1) is 18.9 Å². The Morgan fingerprint density at radius 1 is 1.09 bits per heavy atom. The van der Waals surface area contributed by atoms with Gasteiger partial charge in [-0.15, -0.1) is 10.2 Å². The summed E-state index contributed by atoms with van der Waals surface area (Å²) in [5.74, 6) is 1.24. The molecule has 32 heavy (non-hydrogen) atoms. The molecule has 2 aromatic carbocycles. The van der Waals surface area contributed by atoms with Crippen molar-refractivity contribution in [3.05, 3.63) is 65.5 Å². The lowest BCUT2D eigenvalue weighted by molar-refractivity contribution is -0.113. The fourth-order valence-electron chi connectivity index (χ4n) is 3.08. The largest absolute Gasteiger partial charge is 0.497 e. The first-order chi connectivity index (χ1) is 15.4. The lowest BCUT2D eigenvalue weighted by atomic mass is 10.1. The van der Waals surface area contributed by atoms with E-state index in [1.54, 1.807) is 43.5 Å². The zero-order valence-electron chi connectivity index (χ0n) is 18.6. The number of hydrogen-bond donors (Lipinski definition) is 2. The summed E-state index contributed by atoms with van der Waals surface area (Å²) < 4.78 is 7.03. The molecule has 0 aliphatic rings. The van der Waals surface area contributed by atoms with Crippen molar-refractivity contribution in [2.45, 2.75) is 38.5 Å². The molecule has 0 bridgehead atoms. The highest BCUT2D eigenvalue weighted by Crippen LogP contribution is 2.22. The van der Waals surface area contributed by atoms with Crippen LogP contribution in [0.4, 0.5) is 5.69 Å².